The fourth-order valence-electron chi connectivity index (χ4n) is 3.51. The van der Waals surface area contributed by atoms with Crippen LogP contribution in [0.25, 0.3) is 0 Å². The number of rotatable bonds is 6. The van der Waals surface area contributed by atoms with Gasteiger partial charge in [-0.05, 0) is 36.8 Å². The van der Waals surface area contributed by atoms with Gasteiger partial charge in [-0.15, -0.1) is 11.3 Å². The molecule has 1 aromatic heterocycles. The summed E-state index contributed by atoms with van der Waals surface area (Å²) < 4.78 is 0. The number of aliphatic hydroxyl groups is 1. The molecule has 3 nitrogen and oxygen atoms in total. The van der Waals surface area contributed by atoms with E-state index >= 15 is 0 Å². The molecule has 2 aliphatic rings. The fraction of sp³-hybridized carbons (Fsp3) is 0.500. The van der Waals surface area contributed by atoms with Crippen molar-refractivity contribution in [1.29, 1.82) is 0 Å². The smallest absolute Gasteiger partial charge is 0.0959 e. The predicted molar refractivity (Wildman–Crippen MR) is 89.1 cm³/mol. The molecule has 1 atom stereocenters. The number of aryl methyl sites for hydroxylation is 1. The quantitative estimate of drug-likeness (QED) is 0.886. The Morgan fingerprint density at radius 2 is 2.09 bits per heavy atom. The summed E-state index contributed by atoms with van der Waals surface area (Å²) in [5.74, 6) is 0.734. The first-order chi connectivity index (χ1) is 10.8. The lowest BCUT2D eigenvalue weighted by molar-refractivity contribution is 0.141. The van der Waals surface area contributed by atoms with Gasteiger partial charge in [0, 0.05) is 30.4 Å². The van der Waals surface area contributed by atoms with Crippen LogP contribution in [0.2, 0.25) is 0 Å². The second-order valence-electron chi connectivity index (χ2n) is 6.40. The lowest BCUT2D eigenvalue weighted by Crippen LogP contribution is -2.30. The Bertz CT molecular complexity index is 650. The molecule has 1 heterocycles. The molecule has 0 amide bonds. The summed E-state index contributed by atoms with van der Waals surface area (Å²) in [5.41, 5.74) is 4.07. The van der Waals surface area contributed by atoms with Crippen molar-refractivity contribution in [3.8, 4) is 0 Å². The molecule has 0 aliphatic heterocycles. The molecule has 2 aliphatic carbocycles. The monoisotopic (exact) mass is 314 g/mol. The van der Waals surface area contributed by atoms with Crippen molar-refractivity contribution >= 4 is 11.3 Å². The zero-order valence-electron chi connectivity index (χ0n) is 12.7. The third-order valence-corrected chi connectivity index (χ3v) is 5.85. The van der Waals surface area contributed by atoms with Gasteiger partial charge in [0.2, 0.25) is 0 Å². The van der Waals surface area contributed by atoms with E-state index in [-0.39, 0.29) is 6.61 Å². The van der Waals surface area contributed by atoms with Crippen LogP contribution in [0.5, 0.6) is 0 Å². The molecule has 0 radical (unpaired) electrons. The van der Waals surface area contributed by atoms with E-state index < -0.39 is 0 Å². The zero-order chi connectivity index (χ0) is 14.9. The SMILES string of the molecule is OCCN(Cc1csc(C2CC2)n1)C1CCc2ccccc21. The number of thiazole rings is 1. The van der Waals surface area contributed by atoms with Crippen LogP contribution in [0.1, 0.15) is 53.1 Å². The van der Waals surface area contributed by atoms with E-state index in [0.29, 0.717) is 6.04 Å². The Balaban J connectivity index is 1.53. The Kier molecular flexibility index (Phi) is 3.99. The normalized spacial score (nSPS) is 20.5. The van der Waals surface area contributed by atoms with Gasteiger partial charge >= 0.3 is 0 Å². The van der Waals surface area contributed by atoms with Gasteiger partial charge in [-0.25, -0.2) is 4.98 Å². The number of nitrogens with zero attached hydrogens (tertiary/aromatic N) is 2. The highest BCUT2D eigenvalue weighted by Crippen LogP contribution is 2.42. The van der Waals surface area contributed by atoms with Crippen LogP contribution in [-0.4, -0.2) is 28.1 Å². The first-order valence-electron chi connectivity index (χ1n) is 8.22. The van der Waals surface area contributed by atoms with Gasteiger partial charge in [0.05, 0.1) is 17.3 Å². The summed E-state index contributed by atoms with van der Waals surface area (Å²) in [6, 6.07) is 9.16. The zero-order valence-corrected chi connectivity index (χ0v) is 13.6. The minimum Gasteiger partial charge on any atom is -0.395 e. The van der Waals surface area contributed by atoms with Crippen LogP contribution in [0.3, 0.4) is 0 Å². The fourth-order valence-corrected chi connectivity index (χ4v) is 4.49. The van der Waals surface area contributed by atoms with Crippen LogP contribution in [0.4, 0.5) is 0 Å². The highest BCUT2D eigenvalue weighted by Gasteiger charge is 2.29. The molecule has 22 heavy (non-hydrogen) atoms. The van der Waals surface area contributed by atoms with Crippen molar-refractivity contribution in [1.82, 2.24) is 9.88 Å². The van der Waals surface area contributed by atoms with Crippen LogP contribution in [-0.2, 0) is 13.0 Å². The van der Waals surface area contributed by atoms with E-state index in [1.54, 1.807) is 0 Å². The van der Waals surface area contributed by atoms with Crippen LogP contribution < -0.4 is 0 Å². The maximum absolute atomic E-state index is 9.47. The molecule has 1 unspecified atom stereocenters. The molecule has 4 rings (SSSR count). The van der Waals surface area contributed by atoms with Crippen LogP contribution in [0.15, 0.2) is 29.6 Å². The van der Waals surface area contributed by atoms with Crippen LogP contribution in [0, 0.1) is 0 Å². The van der Waals surface area contributed by atoms with Gasteiger partial charge < -0.3 is 5.11 Å². The molecule has 1 fully saturated rings. The van der Waals surface area contributed by atoms with E-state index in [1.807, 2.05) is 11.3 Å². The van der Waals surface area contributed by atoms with Gasteiger partial charge in [-0.1, -0.05) is 24.3 Å². The first kappa shape index (κ1) is 14.4. The second kappa shape index (κ2) is 6.11. The third-order valence-electron chi connectivity index (χ3n) is 4.79. The van der Waals surface area contributed by atoms with Crippen LogP contribution >= 0.6 is 11.3 Å². The molecule has 1 N–H and O–H groups in total. The number of benzene rings is 1. The summed E-state index contributed by atoms with van der Waals surface area (Å²) in [4.78, 5) is 7.22. The average molecular weight is 314 g/mol. The van der Waals surface area contributed by atoms with Gasteiger partial charge in [-0.2, -0.15) is 0 Å². The van der Waals surface area contributed by atoms with Crippen molar-refractivity contribution < 1.29 is 5.11 Å². The van der Waals surface area contributed by atoms with E-state index in [4.69, 9.17) is 4.98 Å². The number of aromatic nitrogens is 1. The Labute approximate surface area is 135 Å². The first-order valence-corrected chi connectivity index (χ1v) is 9.10. The maximum Gasteiger partial charge on any atom is 0.0959 e. The lowest BCUT2D eigenvalue weighted by Gasteiger charge is -2.28. The van der Waals surface area contributed by atoms with Crippen molar-refractivity contribution in [2.24, 2.45) is 0 Å². The van der Waals surface area contributed by atoms with Gasteiger partial charge in [0.1, 0.15) is 0 Å². The Hall–Kier alpha value is -1.23. The predicted octanol–water partition coefficient (Wildman–Crippen LogP) is 3.50. The largest absolute Gasteiger partial charge is 0.395 e. The number of fused-ring (bicyclic) bond motifs is 1. The van der Waals surface area contributed by atoms with Crippen molar-refractivity contribution in [2.45, 2.75) is 44.2 Å². The lowest BCUT2D eigenvalue weighted by atomic mass is 10.1. The summed E-state index contributed by atoms with van der Waals surface area (Å²) >= 11 is 1.81. The van der Waals surface area contributed by atoms with Crippen molar-refractivity contribution in [2.75, 3.05) is 13.2 Å². The Morgan fingerprint density at radius 1 is 1.23 bits per heavy atom. The second-order valence-corrected chi connectivity index (χ2v) is 7.29. The molecule has 4 heteroatoms. The van der Waals surface area contributed by atoms with E-state index in [2.05, 4.69) is 34.5 Å². The Morgan fingerprint density at radius 3 is 2.91 bits per heavy atom. The highest BCUT2D eigenvalue weighted by atomic mass is 32.1. The summed E-state index contributed by atoms with van der Waals surface area (Å²) in [6.45, 7) is 1.77. The average Bonchev–Trinajstić information content (AvgIpc) is 3.13. The topological polar surface area (TPSA) is 36.4 Å². The standard InChI is InChI=1S/C18H22N2OS/c21-10-9-20(11-15-12-22-18(19-15)14-5-6-14)17-8-7-13-3-1-2-4-16(13)17/h1-4,12,14,17,21H,5-11H2. The van der Waals surface area contributed by atoms with Gasteiger partial charge in [-0.3, -0.25) is 4.90 Å². The molecule has 0 bridgehead atoms. The van der Waals surface area contributed by atoms with E-state index in [9.17, 15) is 5.11 Å². The molecule has 1 saturated carbocycles. The highest BCUT2D eigenvalue weighted by molar-refractivity contribution is 7.09. The van der Waals surface area contributed by atoms with Crippen molar-refractivity contribution in [3.05, 3.63) is 51.5 Å². The minimum atomic E-state index is 0.207. The van der Waals surface area contributed by atoms with E-state index in [1.165, 1.54) is 34.7 Å². The summed E-state index contributed by atoms with van der Waals surface area (Å²) in [5, 5.41) is 13.0. The van der Waals surface area contributed by atoms with Crippen molar-refractivity contribution in [3.63, 3.8) is 0 Å². The van der Waals surface area contributed by atoms with Gasteiger partial charge in [0.25, 0.3) is 0 Å². The molecule has 2 aromatic rings. The van der Waals surface area contributed by atoms with E-state index in [0.717, 1.165) is 31.8 Å². The third kappa shape index (κ3) is 2.83. The molecule has 0 saturated heterocycles. The molecule has 116 valence electrons. The molecule has 1 aromatic carbocycles. The number of hydrogen-bond acceptors (Lipinski definition) is 4. The number of aliphatic hydroxyl groups excluding tert-OH is 1. The molecular formula is C18H22N2OS. The maximum atomic E-state index is 9.47. The minimum absolute atomic E-state index is 0.207. The summed E-state index contributed by atoms with van der Waals surface area (Å²) in [6.07, 6.45) is 4.92. The summed E-state index contributed by atoms with van der Waals surface area (Å²) in [7, 11) is 0. The molecular weight excluding hydrogens is 292 g/mol. The number of hydrogen-bond donors (Lipinski definition) is 1. The molecule has 0 spiro atoms. The van der Waals surface area contributed by atoms with Gasteiger partial charge in [0.15, 0.2) is 0 Å².